The SMILES string of the molecule is Cc1cc(OCc2ccc(C(=O)Nc3ccn(Cc4ccccc4F)n3)o2)c(C(C)C)cc1Cl. The third-order valence-electron chi connectivity index (χ3n) is 5.34. The lowest BCUT2D eigenvalue weighted by atomic mass is 10.0. The molecule has 0 unspecified atom stereocenters. The quantitative estimate of drug-likeness (QED) is 0.308. The van der Waals surface area contributed by atoms with Gasteiger partial charge in [0.1, 0.15) is 23.9 Å². The Labute approximate surface area is 202 Å². The zero-order valence-corrected chi connectivity index (χ0v) is 19.9. The number of halogens is 2. The van der Waals surface area contributed by atoms with E-state index >= 15 is 0 Å². The van der Waals surface area contributed by atoms with Gasteiger partial charge in [0.15, 0.2) is 11.6 Å². The van der Waals surface area contributed by atoms with Crippen LogP contribution in [0.2, 0.25) is 5.02 Å². The largest absolute Gasteiger partial charge is 0.485 e. The molecular formula is C26H25ClFN3O3. The van der Waals surface area contributed by atoms with Crippen LogP contribution >= 0.6 is 11.6 Å². The Morgan fingerprint density at radius 1 is 1.21 bits per heavy atom. The van der Waals surface area contributed by atoms with Crippen molar-refractivity contribution in [2.45, 2.75) is 39.8 Å². The van der Waals surface area contributed by atoms with Gasteiger partial charge >= 0.3 is 0 Å². The number of carbonyl (C=O) groups excluding carboxylic acids is 1. The minimum atomic E-state index is -0.437. The van der Waals surface area contributed by atoms with Gasteiger partial charge in [-0.2, -0.15) is 5.10 Å². The molecule has 2 heterocycles. The fourth-order valence-corrected chi connectivity index (χ4v) is 3.64. The smallest absolute Gasteiger partial charge is 0.292 e. The first kappa shape index (κ1) is 23.6. The molecule has 0 bridgehead atoms. The molecule has 0 saturated carbocycles. The van der Waals surface area contributed by atoms with Gasteiger partial charge in [0, 0.05) is 22.8 Å². The number of rotatable bonds is 8. The Morgan fingerprint density at radius 2 is 2.00 bits per heavy atom. The molecule has 0 radical (unpaired) electrons. The van der Waals surface area contributed by atoms with Crippen LogP contribution in [0, 0.1) is 12.7 Å². The first-order chi connectivity index (χ1) is 16.3. The molecule has 1 N–H and O–H groups in total. The molecule has 1 amide bonds. The molecule has 0 fully saturated rings. The number of nitrogens with one attached hydrogen (secondary N) is 1. The maximum atomic E-state index is 13.8. The van der Waals surface area contributed by atoms with Crippen LogP contribution in [-0.2, 0) is 13.2 Å². The summed E-state index contributed by atoms with van der Waals surface area (Å²) in [5.74, 6) is 1.23. The molecule has 4 aromatic rings. The van der Waals surface area contributed by atoms with Crippen LogP contribution in [0.4, 0.5) is 10.2 Å². The van der Waals surface area contributed by atoms with Crippen molar-refractivity contribution in [3.8, 4) is 5.75 Å². The third-order valence-corrected chi connectivity index (χ3v) is 5.75. The minimum Gasteiger partial charge on any atom is -0.485 e. The average molecular weight is 482 g/mol. The second kappa shape index (κ2) is 10.1. The van der Waals surface area contributed by atoms with Crippen LogP contribution < -0.4 is 10.1 Å². The van der Waals surface area contributed by atoms with E-state index in [1.807, 2.05) is 19.1 Å². The number of anilines is 1. The van der Waals surface area contributed by atoms with Crippen molar-refractivity contribution in [3.05, 3.63) is 99.8 Å². The summed E-state index contributed by atoms with van der Waals surface area (Å²) < 4.78 is 27.0. The first-order valence-electron chi connectivity index (χ1n) is 10.9. The molecule has 4 rings (SSSR count). The van der Waals surface area contributed by atoms with Gasteiger partial charge in [-0.25, -0.2) is 4.39 Å². The van der Waals surface area contributed by atoms with Crippen molar-refractivity contribution >= 4 is 23.3 Å². The highest BCUT2D eigenvalue weighted by molar-refractivity contribution is 6.31. The monoisotopic (exact) mass is 481 g/mol. The number of hydrogen-bond acceptors (Lipinski definition) is 4. The molecule has 0 saturated heterocycles. The maximum absolute atomic E-state index is 13.8. The van der Waals surface area contributed by atoms with Crippen molar-refractivity contribution in [2.24, 2.45) is 0 Å². The van der Waals surface area contributed by atoms with Crippen LogP contribution in [-0.4, -0.2) is 15.7 Å². The topological polar surface area (TPSA) is 69.3 Å². The van der Waals surface area contributed by atoms with Gasteiger partial charge in [0.05, 0.1) is 6.54 Å². The summed E-state index contributed by atoms with van der Waals surface area (Å²) in [6.45, 7) is 6.49. The van der Waals surface area contributed by atoms with E-state index in [1.54, 1.807) is 47.3 Å². The molecular weight excluding hydrogens is 457 g/mol. The Morgan fingerprint density at radius 3 is 2.76 bits per heavy atom. The second-order valence-electron chi connectivity index (χ2n) is 8.29. The molecule has 0 aliphatic carbocycles. The van der Waals surface area contributed by atoms with Gasteiger partial charge in [0.2, 0.25) is 0 Å². The number of amides is 1. The Balaban J connectivity index is 1.38. The summed E-state index contributed by atoms with van der Waals surface area (Å²) in [4.78, 5) is 12.6. The van der Waals surface area contributed by atoms with Crippen LogP contribution in [0.3, 0.4) is 0 Å². The van der Waals surface area contributed by atoms with E-state index < -0.39 is 5.91 Å². The highest BCUT2D eigenvalue weighted by Gasteiger charge is 2.15. The van der Waals surface area contributed by atoms with E-state index in [4.69, 9.17) is 20.8 Å². The number of aryl methyl sites for hydroxylation is 1. The lowest BCUT2D eigenvalue weighted by molar-refractivity contribution is 0.0992. The van der Waals surface area contributed by atoms with E-state index in [1.165, 1.54) is 6.07 Å². The summed E-state index contributed by atoms with van der Waals surface area (Å²) in [7, 11) is 0. The van der Waals surface area contributed by atoms with Crippen molar-refractivity contribution in [1.29, 1.82) is 0 Å². The van der Waals surface area contributed by atoms with Gasteiger partial charge in [-0.05, 0) is 54.3 Å². The van der Waals surface area contributed by atoms with Gasteiger partial charge in [-0.1, -0.05) is 43.6 Å². The number of benzene rings is 2. The van der Waals surface area contributed by atoms with Crippen LogP contribution in [0.1, 0.15) is 52.8 Å². The zero-order chi connectivity index (χ0) is 24.2. The van der Waals surface area contributed by atoms with Gasteiger partial charge < -0.3 is 14.5 Å². The summed E-state index contributed by atoms with van der Waals surface area (Å²) in [5, 5.41) is 7.67. The van der Waals surface area contributed by atoms with Crippen molar-refractivity contribution < 1.29 is 18.3 Å². The molecule has 0 aliphatic heterocycles. The fraction of sp³-hybridized carbons (Fsp3) is 0.231. The fourth-order valence-electron chi connectivity index (χ4n) is 3.47. The Hall–Kier alpha value is -3.58. The predicted molar refractivity (Wildman–Crippen MR) is 129 cm³/mol. The van der Waals surface area contributed by atoms with Crippen molar-refractivity contribution in [1.82, 2.24) is 9.78 Å². The number of furan rings is 1. The molecule has 8 heteroatoms. The molecule has 34 heavy (non-hydrogen) atoms. The highest BCUT2D eigenvalue weighted by Crippen LogP contribution is 2.32. The highest BCUT2D eigenvalue weighted by atomic mass is 35.5. The second-order valence-corrected chi connectivity index (χ2v) is 8.70. The third kappa shape index (κ3) is 5.48. The van der Waals surface area contributed by atoms with Crippen molar-refractivity contribution in [2.75, 3.05) is 5.32 Å². The Kier molecular flexibility index (Phi) is 7.03. The predicted octanol–water partition coefficient (Wildman–Crippen LogP) is 6.58. The summed E-state index contributed by atoms with van der Waals surface area (Å²) in [6.07, 6.45) is 1.67. The summed E-state index contributed by atoms with van der Waals surface area (Å²) in [6, 6.07) is 15.2. The summed E-state index contributed by atoms with van der Waals surface area (Å²) >= 11 is 6.26. The van der Waals surface area contributed by atoms with Gasteiger partial charge in [-0.15, -0.1) is 0 Å². The molecule has 0 atom stereocenters. The zero-order valence-electron chi connectivity index (χ0n) is 19.1. The molecule has 0 aliphatic rings. The van der Waals surface area contributed by atoms with E-state index in [0.29, 0.717) is 22.2 Å². The number of hydrogen-bond donors (Lipinski definition) is 1. The number of carbonyl (C=O) groups is 1. The van der Waals surface area contributed by atoms with Crippen LogP contribution in [0.5, 0.6) is 5.75 Å². The Bertz CT molecular complexity index is 1310. The molecule has 176 valence electrons. The lowest BCUT2D eigenvalue weighted by Crippen LogP contribution is -2.12. The number of nitrogens with zero attached hydrogens (tertiary/aromatic N) is 2. The minimum absolute atomic E-state index is 0.138. The normalized spacial score (nSPS) is 11.1. The standard InChI is InChI=1S/C26H25ClFN3O3/c1-16(2)20-13-21(27)17(3)12-24(20)33-15-19-8-9-23(34-19)26(32)29-25-10-11-31(30-25)14-18-6-4-5-7-22(18)28/h4-13,16H,14-15H2,1-3H3,(H,29,30,32). The van der Waals surface area contributed by atoms with E-state index in [2.05, 4.69) is 24.3 Å². The molecule has 2 aromatic carbocycles. The first-order valence-corrected chi connectivity index (χ1v) is 11.3. The van der Waals surface area contributed by atoms with E-state index in [-0.39, 0.29) is 30.6 Å². The number of ether oxygens (including phenoxy) is 1. The van der Waals surface area contributed by atoms with E-state index in [9.17, 15) is 9.18 Å². The maximum Gasteiger partial charge on any atom is 0.292 e. The molecule has 0 spiro atoms. The summed E-state index contributed by atoms with van der Waals surface area (Å²) in [5.41, 5.74) is 2.44. The molecule has 6 nitrogen and oxygen atoms in total. The number of aromatic nitrogens is 2. The van der Waals surface area contributed by atoms with Gasteiger partial charge in [0.25, 0.3) is 5.91 Å². The van der Waals surface area contributed by atoms with Gasteiger partial charge in [-0.3, -0.25) is 9.48 Å². The van der Waals surface area contributed by atoms with Crippen LogP contribution in [0.15, 0.2) is 65.2 Å². The molecule has 2 aromatic heterocycles. The van der Waals surface area contributed by atoms with E-state index in [0.717, 1.165) is 16.9 Å². The van der Waals surface area contributed by atoms with Crippen molar-refractivity contribution in [3.63, 3.8) is 0 Å². The average Bonchev–Trinajstić information content (AvgIpc) is 3.45. The lowest BCUT2D eigenvalue weighted by Gasteiger charge is -2.15. The van der Waals surface area contributed by atoms with Crippen LogP contribution in [0.25, 0.3) is 0 Å².